The number of aliphatic hydroxyl groups excluding tert-OH is 3. The topological polar surface area (TPSA) is 540 Å². The van der Waals surface area contributed by atoms with Gasteiger partial charge >= 0.3 is 70.4 Å². The van der Waals surface area contributed by atoms with Crippen LogP contribution in [0.1, 0.15) is 0 Å². The molecule has 0 aliphatic heterocycles. The zero-order valence-electron chi connectivity index (χ0n) is 21.5. The summed E-state index contributed by atoms with van der Waals surface area (Å²) in [5, 5.41) is 30.7. The number of hydrogen-bond acceptors (Lipinski definition) is 21. The van der Waals surface area contributed by atoms with Gasteiger partial charge in [0.15, 0.2) is 0 Å². The van der Waals surface area contributed by atoms with Crippen molar-refractivity contribution in [2.75, 3.05) is 0 Å². The van der Waals surface area contributed by atoms with E-state index >= 15 is 0 Å². The highest BCUT2D eigenvalue weighted by molar-refractivity contribution is 7.68. The number of phosphoric ester groups is 3. The summed E-state index contributed by atoms with van der Waals surface area (Å²) >= 11 is 0. The van der Waals surface area contributed by atoms with Gasteiger partial charge in [-0.3, -0.25) is 13.6 Å². The van der Waals surface area contributed by atoms with Crippen LogP contribution in [0.3, 0.4) is 0 Å². The van der Waals surface area contributed by atoms with Crippen LogP contribution in [0, 0.1) is 0 Å². The molecule has 1 rings (SSSR count). The maximum Gasteiger partial charge on any atom is 0.490 e. The first-order valence-corrected chi connectivity index (χ1v) is 23.8. The lowest BCUT2D eigenvalue weighted by Gasteiger charge is -2.45. The van der Waals surface area contributed by atoms with Crippen LogP contribution < -0.4 is 0 Å². The second-order valence-electron chi connectivity index (χ2n) is 7.95. The van der Waals surface area contributed by atoms with E-state index in [1.807, 2.05) is 0 Å². The minimum Gasteiger partial charge on any atom is -0.387 e. The van der Waals surface area contributed by atoms with E-state index in [1.54, 1.807) is 0 Å². The van der Waals surface area contributed by atoms with Crippen molar-refractivity contribution in [3.8, 4) is 0 Å². The molecule has 0 amide bonds. The van der Waals surface area contributed by atoms with Crippen molar-refractivity contribution in [3.05, 3.63) is 0 Å². The zero-order chi connectivity index (χ0) is 38.3. The maximum atomic E-state index is 12.5. The third kappa shape index (κ3) is 17.3. The Morgan fingerprint density at radius 1 is 0.292 bits per heavy atom. The summed E-state index contributed by atoms with van der Waals surface area (Å²) < 4.78 is 137. The highest BCUT2D eigenvalue weighted by atomic mass is 31.3. The predicted molar refractivity (Wildman–Crippen MR) is 134 cm³/mol. The molecule has 42 heteroatoms. The third-order valence-corrected chi connectivity index (χ3v) is 15.5. The lowest BCUT2D eigenvalue weighted by Crippen LogP contribution is -2.65. The van der Waals surface area contributed by atoms with Gasteiger partial charge in [0, 0.05) is 0 Å². The minimum absolute atomic E-state index is 3.04. The standard InChI is InChI=1S/C6H21O33P9/c7-1-2(8)4(31-43(19,20)37-46(25,26)34-40(10,11)12)6(33-45(23,24)39-48(29,30)36-42(16,17)18)5(3(1)9)32-44(21,22)38-47(27,28)35-41(13,14)15/h1-9H,(H,19,20)(H,21,22)(H,23,24)(H,25,26)(H,27,28)(H,29,30)(H2,10,11,12)(H2,13,14,15)(H2,16,17,18). The van der Waals surface area contributed by atoms with E-state index in [9.17, 15) is 85.8 Å². The highest BCUT2D eigenvalue weighted by Crippen LogP contribution is 2.70. The molecule has 0 aromatic carbocycles. The molecule has 288 valence electrons. The van der Waals surface area contributed by atoms with Crippen LogP contribution in [-0.4, -0.2) is 111 Å². The molecule has 1 saturated carbocycles. The van der Waals surface area contributed by atoms with Gasteiger partial charge in [-0.2, -0.15) is 25.9 Å². The fourth-order valence-corrected chi connectivity index (χ4v) is 12.5. The molecule has 48 heavy (non-hydrogen) atoms. The summed E-state index contributed by atoms with van der Waals surface area (Å²) in [4.78, 5) is 109. The molecule has 0 aromatic rings. The first kappa shape index (κ1) is 47.1. The molecular formula is C6H21O33P9. The van der Waals surface area contributed by atoms with Crippen LogP contribution in [0.25, 0.3) is 0 Å². The van der Waals surface area contributed by atoms with Crippen LogP contribution >= 0.6 is 70.4 Å². The fraction of sp³-hybridized carbons (Fsp3) is 1.00. The Morgan fingerprint density at radius 3 is 0.708 bits per heavy atom. The largest absolute Gasteiger partial charge is 0.490 e. The number of phosphoric acid groups is 9. The molecule has 1 aliphatic rings. The molecule has 1 aliphatic carbocycles. The van der Waals surface area contributed by atoms with Crippen LogP contribution in [0.2, 0.25) is 0 Å². The minimum atomic E-state index is -6.72. The zero-order valence-corrected chi connectivity index (χ0v) is 29.6. The Labute approximate surface area is 261 Å². The van der Waals surface area contributed by atoms with Gasteiger partial charge in [0.25, 0.3) is 0 Å². The Kier molecular flexibility index (Phi) is 15.5. The Hall–Kier alpha value is 1.11. The average Bonchev–Trinajstić information content (AvgIpc) is 2.69. The number of rotatable bonds is 18. The highest BCUT2D eigenvalue weighted by Gasteiger charge is 2.59. The normalized spacial score (nSPS) is 32.1. The quantitative estimate of drug-likeness (QED) is 0.0619. The van der Waals surface area contributed by atoms with Gasteiger partial charge in [-0.15, -0.1) is 0 Å². The van der Waals surface area contributed by atoms with E-state index in [4.69, 9.17) is 29.4 Å². The summed E-state index contributed by atoms with van der Waals surface area (Å²) in [6.07, 6.45) is -19.6. The van der Waals surface area contributed by atoms with Gasteiger partial charge in [0.2, 0.25) is 0 Å². The molecule has 10 atom stereocenters. The molecule has 0 saturated heterocycles. The predicted octanol–water partition coefficient (Wildman–Crippen LogP) is -2.78. The molecule has 0 spiro atoms. The SMILES string of the molecule is O=P(O)(O)OP(=O)(O)OP(=O)(O)OC1C(O)C(O)C(O)C(OP(=O)(O)OP(=O)(O)OP(=O)(O)O)C1OP(=O)(O)OP(=O)(O)OP(=O)(O)O. The molecular weight excluding hydrogens is 879 g/mol. The fourth-order valence-electron chi connectivity index (χ4n) is 2.89. The van der Waals surface area contributed by atoms with Crippen molar-refractivity contribution in [1.29, 1.82) is 0 Å². The van der Waals surface area contributed by atoms with E-state index in [0.717, 1.165) is 0 Å². The number of aliphatic hydroxyl groups is 3. The van der Waals surface area contributed by atoms with E-state index in [0.29, 0.717) is 0 Å². The summed E-state index contributed by atoms with van der Waals surface area (Å²) in [6.45, 7) is 0. The van der Waals surface area contributed by atoms with E-state index in [1.165, 1.54) is 0 Å². The van der Waals surface area contributed by atoms with E-state index < -0.39 is 107 Å². The monoisotopic (exact) mass is 900 g/mol. The third-order valence-electron chi connectivity index (χ3n) is 4.03. The molecule has 10 unspecified atom stereocenters. The maximum absolute atomic E-state index is 12.5. The van der Waals surface area contributed by atoms with Crippen molar-refractivity contribution >= 4 is 70.4 Å². The molecule has 0 bridgehead atoms. The van der Waals surface area contributed by atoms with Gasteiger partial charge < -0.3 is 74.0 Å². The Balaban J connectivity index is 3.73. The number of hydrogen-bond donors (Lipinski definition) is 15. The van der Waals surface area contributed by atoms with Gasteiger partial charge in [-0.05, 0) is 0 Å². The lowest BCUT2D eigenvalue weighted by molar-refractivity contribution is -0.212. The van der Waals surface area contributed by atoms with Crippen molar-refractivity contribution in [1.82, 2.24) is 0 Å². The van der Waals surface area contributed by atoms with Crippen molar-refractivity contribution in [2.45, 2.75) is 36.6 Å². The second kappa shape index (κ2) is 15.8. The van der Waals surface area contributed by atoms with Crippen molar-refractivity contribution in [3.63, 3.8) is 0 Å². The van der Waals surface area contributed by atoms with Crippen LogP contribution in [0.4, 0.5) is 0 Å². The molecule has 33 nitrogen and oxygen atoms in total. The van der Waals surface area contributed by atoms with Crippen molar-refractivity contribution < 1.29 is 155 Å². The Morgan fingerprint density at radius 2 is 0.500 bits per heavy atom. The first-order chi connectivity index (χ1) is 20.8. The van der Waals surface area contributed by atoms with E-state index in [-0.39, 0.29) is 0 Å². The molecule has 0 radical (unpaired) electrons. The van der Waals surface area contributed by atoms with Crippen LogP contribution in [0.15, 0.2) is 0 Å². The first-order valence-electron chi connectivity index (χ1n) is 10.3. The molecule has 15 N–H and O–H groups in total. The smallest absolute Gasteiger partial charge is 0.387 e. The lowest BCUT2D eigenvalue weighted by atomic mass is 9.85. The molecule has 0 aromatic heterocycles. The van der Waals surface area contributed by atoms with Gasteiger partial charge in [-0.25, -0.2) is 41.1 Å². The van der Waals surface area contributed by atoms with Gasteiger partial charge in [0.05, 0.1) is 0 Å². The van der Waals surface area contributed by atoms with Crippen LogP contribution in [0.5, 0.6) is 0 Å². The summed E-state index contributed by atoms with van der Waals surface area (Å²) in [5.41, 5.74) is 0. The van der Waals surface area contributed by atoms with Crippen LogP contribution in [-0.2, 0) is 80.5 Å². The van der Waals surface area contributed by atoms with E-state index in [2.05, 4.69) is 39.4 Å². The molecule has 1 fully saturated rings. The van der Waals surface area contributed by atoms with Gasteiger partial charge in [0.1, 0.15) is 36.6 Å². The summed E-state index contributed by atoms with van der Waals surface area (Å²) in [6, 6.07) is 0. The summed E-state index contributed by atoms with van der Waals surface area (Å²) in [7, 11) is -57.6. The van der Waals surface area contributed by atoms with Crippen molar-refractivity contribution in [2.24, 2.45) is 0 Å². The second-order valence-corrected chi connectivity index (χ2v) is 21.1. The molecule has 0 heterocycles. The average molecular weight is 900 g/mol. The Bertz CT molecular complexity index is 1510. The summed E-state index contributed by atoms with van der Waals surface area (Å²) in [5.74, 6) is 0. The van der Waals surface area contributed by atoms with Gasteiger partial charge in [-0.1, -0.05) is 0 Å².